The van der Waals surface area contributed by atoms with E-state index < -0.39 is 0 Å². The molecule has 1 aromatic carbocycles. The van der Waals surface area contributed by atoms with Crippen LogP contribution in [0.3, 0.4) is 0 Å². The predicted molar refractivity (Wildman–Crippen MR) is 81.6 cm³/mol. The van der Waals surface area contributed by atoms with Crippen LogP contribution < -0.4 is 5.32 Å². The van der Waals surface area contributed by atoms with E-state index in [0.29, 0.717) is 6.04 Å². The normalized spacial score (nSPS) is 17.9. The molecular formula is C17H23N3. The summed E-state index contributed by atoms with van der Waals surface area (Å²) in [5, 5.41) is 8.09. The summed E-state index contributed by atoms with van der Waals surface area (Å²) in [4.78, 5) is 0. The van der Waals surface area contributed by atoms with Crippen LogP contribution in [0.25, 0.3) is 0 Å². The van der Waals surface area contributed by atoms with Crippen LogP contribution in [0.15, 0.2) is 36.5 Å². The van der Waals surface area contributed by atoms with Gasteiger partial charge < -0.3 is 5.32 Å². The number of aromatic nitrogens is 2. The Hall–Kier alpha value is -1.61. The second-order valence-electron chi connectivity index (χ2n) is 5.64. The molecule has 1 N–H and O–H groups in total. The fourth-order valence-electron chi connectivity index (χ4n) is 3.04. The maximum atomic E-state index is 4.38. The van der Waals surface area contributed by atoms with Gasteiger partial charge in [-0.25, -0.2) is 0 Å². The molecule has 0 aliphatic heterocycles. The number of fused-ring (bicyclic) bond motifs is 1. The highest BCUT2D eigenvalue weighted by Crippen LogP contribution is 2.21. The van der Waals surface area contributed by atoms with Gasteiger partial charge in [-0.3, -0.25) is 4.68 Å². The molecule has 0 saturated heterocycles. The number of hydrogen-bond donors (Lipinski definition) is 1. The van der Waals surface area contributed by atoms with E-state index in [-0.39, 0.29) is 0 Å². The first-order valence-electron chi connectivity index (χ1n) is 7.67. The van der Waals surface area contributed by atoms with Crippen molar-refractivity contribution in [3.05, 3.63) is 53.3 Å². The molecule has 0 amide bonds. The van der Waals surface area contributed by atoms with Crippen molar-refractivity contribution >= 4 is 0 Å². The van der Waals surface area contributed by atoms with E-state index in [2.05, 4.69) is 52.4 Å². The highest BCUT2D eigenvalue weighted by Gasteiger charge is 2.17. The highest BCUT2D eigenvalue weighted by molar-refractivity contribution is 5.30. The molecule has 0 fully saturated rings. The largest absolute Gasteiger partial charge is 0.308 e. The number of hydrogen-bond acceptors (Lipinski definition) is 2. The van der Waals surface area contributed by atoms with E-state index in [1.807, 2.05) is 6.20 Å². The lowest BCUT2D eigenvalue weighted by atomic mass is 9.88. The zero-order valence-corrected chi connectivity index (χ0v) is 12.2. The van der Waals surface area contributed by atoms with Gasteiger partial charge in [-0.05, 0) is 42.9 Å². The van der Waals surface area contributed by atoms with Gasteiger partial charge in [0.1, 0.15) is 0 Å². The summed E-state index contributed by atoms with van der Waals surface area (Å²) in [6.45, 7) is 4.13. The Balaban J connectivity index is 1.59. The molecule has 0 saturated carbocycles. The van der Waals surface area contributed by atoms with Crippen LogP contribution in [-0.2, 0) is 25.9 Å². The molecule has 106 valence electrons. The first kappa shape index (κ1) is 13.4. The molecule has 1 unspecified atom stereocenters. The van der Waals surface area contributed by atoms with Crippen LogP contribution in [0, 0.1) is 0 Å². The highest BCUT2D eigenvalue weighted by atomic mass is 15.3. The Morgan fingerprint density at radius 2 is 2.10 bits per heavy atom. The molecule has 3 heteroatoms. The summed E-state index contributed by atoms with van der Waals surface area (Å²) >= 11 is 0. The molecule has 0 bridgehead atoms. The van der Waals surface area contributed by atoms with Crippen LogP contribution in [0.1, 0.15) is 36.6 Å². The van der Waals surface area contributed by atoms with Crippen molar-refractivity contribution in [3.8, 4) is 0 Å². The Morgan fingerprint density at radius 3 is 2.95 bits per heavy atom. The molecule has 1 aliphatic carbocycles. The smallest absolute Gasteiger partial charge is 0.0522 e. The molecule has 2 aromatic rings. The predicted octanol–water partition coefficient (Wildman–Crippen LogP) is 2.94. The molecule has 1 aromatic heterocycles. The summed E-state index contributed by atoms with van der Waals surface area (Å²) in [6, 6.07) is 11.6. The molecule has 1 atom stereocenters. The van der Waals surface area contributed by atoms with Crippen LogP contribution in [0.2, 0.25) is 0 Å². The molecule has 0 radical (unpaired) electrons. The van der Waals surface area contributed by atoms with Gasteiger partial charge in [0.2, 0.25) is 0 Å². The van der Waals surface area contributed by atoms with Gasteiger partial charge in [0.05, 0.1) is 5.69 Å². The van der Waals surface area contributed by atoms with Crippen LogP contribution in [0.4, 0.5) is 0 Å². The zero-order chi connectivity index (χ0) is 13.8. The minimum absolute atomic E-state index is 0.592. The monoisotopic (exact) mass is 269 g/mol. The molecule has 3 rings (SSSR count). The van der Waals surface area contributed by atoms with Crippen molar-refractivity contribution in [1.82, 2.24) is 15.1 Å². The van der Waals surface area contributed by atoms with Gasteiger partial charge >= 0.3 is 0 Å². The minimum atomic E-state index is 0.592. The number of nitrogens with zero attached hydrogens (tertiary/aromatic N) is 2. The SMILES string of the molecule is CCCn1nccc1CNC1CCc2ccccc2C1. The van der Waals surface area contributed by atoms with E-state index in [0.717, 1.165) is 25.9 Å². The Bertz CT molecular complexity index is 559. The summed E-state index contributed by atoms with van der Waals surface area (Å²) in [5.74, 6) is 0. The maximum Gasteiger partial charge on any atom is 0.0522 e. The van der Waals surface area contributed by atoms with Gasteiger partial charge in [0.15, 0.2) is 0 Å². The standard InChI is InChI=1S/C17H23N3/c1-2-11-20-17(9-10-19-20)13-18-16-8-7-14-5-3-4-6-15(14)12-16/h3-6,9-10,16,18H,2,7-8,11-13H2,1H3. The third-order valence-corrected chi connectivity index (χ3v) is 4.16. The van der Waals surface area contributed by atoms with Crippen molar-refractivity contribution in [1.29, 1.82) is 0 Å². The third kappa shape index (κ3) is 2.93. The van der Waals surface area contributed by atoms with Crippen molar-refractivity contribution in [3.63, 3.8) is 0 Å². The lowest BCUT2D eigenvalue weighted by Gasteiger charge is -2.25. The van der Waals surface area contributed by atoms with E-state index in [9.17, 15) is 0 Å². The first-order valence-corrected chi connectivity index (χ1v) is 7.67. The Labute approximate surface area is 121 Å². The average Bonchev–Trinajstić information content (AvgIpc) is 2.93. The van der Waals surface area contributed by atoms with Crippen molar-refractivity contribution in [2.45, 2.75) is 51.7 Å². The third-order valence-electron chi connectivity index (χ3n) is 4.16. The second kappa shape index (κ2) is 6.23. The summed E-state index contributed by atoms with van der Waals surface area (Å²) in [6.07, 6.45) is 6.62. The van der Waals surface area contributed by atoms with Crippen LogP contribution >= 0.6 is 0 Å². The lowest BCUT2D eigenvalue weighted by molar-refractivity contribution is 0.442. The average molecular weight is 269 g/mol. The van der Waals surface area contributed by atoms with Crippen LogP contribution in [-0.4, -0.2) is 15.8 Å². The topological polar surface area (TPSA) is 29.9 Å². The maximum absolute atomic E-state index is 4.38. The van der Waals surface area contributed by atoms with Gasteiger partial charge in [-0.1, -0.05) is 31.2 Å². The lowest BCUT2D eigenvalue weighted by Crippen LogP contribution is -2.34. The van der Waals surface area contributed by atoms with Crippen molar-refractivity contribution in [2.75, 3.05) is 0 Å². The summed E-state index contributed by atoms with van der Waals surface area (Å²) in [7, 11) is 0. The van der Waals surface area contributed by atoms with E-state index >= 15 is 0 Å². The Kier molecular flexibility index (Phi) is 4.16. The molecule has 0 spiro atoms. The second-order valence-corrected chi connectivity index (χ2v) is 5.64. The number of rotatable bonds is 5. The summed E-state index contributed by atoms with van der Waals surface area (Å²) < 4.78 is 2.11. The number of benzene rings is 1. The molecule has 1 aliphatic rings. The van der Waals surface area contributed by atoms with E-state index in [1.165, 1.54) is 29.7 Å². The van der Waals surface area contributed by atoms with Gasteiger partial charge in [0.25, 0.3) is 0 Å². The molecule has 1 heterocycles. The Morgan fingerprint density at radius 1 is 1.25 bits per heavy atom. The van der Waals surface area contributed by atoms with Crippen molar-refractivity contribution < 1.29 is 0 Å². The summed E-state index contributed by atoms with van der Waals surface area (Å²) in [5.41, 5.74) is 4.34. The van der Waals surface area contributed by atoms with E-state index in [1.54, 1.807) is 0 Å². The number of nitrogens with one attached hydrogen (secondary N) is 1. The van der Waals surface area contributed by atoms with Crippen molar-refractivity contribution in [2.24, 2.45) is 0 Å². The minimum Gasteiger partial charge on any atom is -0.308 e. The number of aryl methyl sites for hydroxylation is 2. The fourth-order valence-corrected chi connectivity index (χ4v) is 3.04. The van der Waals surface area contributed by atoms with Gasteiger partial charge in [-0.15, -0.1) is 0 Å². The van der Waals surface area contributed by atoms with Crippen LogP contribution in [0.5, 0.6) is 0 Å². The first-order chi connectivity index (χ1) is 9.86. The quantitative estimate of drug-likeness (QED) is 0.904. The zero-order valence-electron chi connectivity index (χ0n) is 12.2. The van der Waals surface area contributed by atoms with Gasteiger partial charge in [-0.2, -0.15) is 5.10 Å². The fraction of sp³-hybridized carbons (Fsp3) is 0.471. The molecule has 3 nitrogen and oxygen atoms in total. The molecular weight excluding hydrogens is 246 g/mol. The molecule has 20 heavy (non-hydrogen) atoms. The van der Waals surface area contributed by atoms with Gasteiger partial charge in [0, 0.05) is 25.3 Å². The van der Waals surface area contributed by atoms with E-state index in [4.69, 9.17) is 0 Å².